The summed E-state index contributed by atoms with van der Waals surface area (Å²) in [6, 6.07) is 27.4. The highest BCUT2D eigenvalue weighted by molar-refractivity contribution is 5.92. The molecule has 16 rings (SSSR count). The first kappa shape index (κ1) is 73.0. The van der Waals surface area contributed by atoms with E-state index in [0.717, 1.165) is 77.5 Å². The molecule has 4 aliphatic carbocycles. The Morgan fingerprint density at radius 2 is 0.548 bits per heavy atom. The van der Waals surface area contributed by atoms with Crippen molar-refractivity contribution < 1.29 is 38.4 Å². The molecule has 8 amide bonds. The largest absolute Gasteiger partial charge is 0.361 e. The molecular formula is C80H104N16O8. The van der Waals surface area contributed by atoms with Crippen LogP contribution in [0.3, 0.4) is 0 Å². The maximum absolute atomic E-state index is 12.4. The van der Waals surface area contributed by atoms with Crippen LogP contribution >= 0.6 is 0 Å². The van der Waals surface area contributed by atoms with E-state index in [1.807, 2.05) is 0 Å². The SMILES string of the molecule is CC(=O)CN(C)C(=O)N[C@H]1C[C@@H]2c3cccc4[nH]cc(c34)C[C@H]2N(C)C1.CC(=O)CN(C)C(=O)N[C@H]1C[C@@H]2c3cccc4[nH]cc(c34)C[C@H]2N(C)C1.CC(=O)CN(C)C(=O)N[C@H]1C[C@@H]2c3cccc4[nH]cc(c34)C[C@H]2N(C)C1.CC(=O)CN(C)C(=O)N[C@H]1C[C@@H]2c3cccc4[nH]cc(c34)C[C@H]2N(C)C1. The number of aromatic nitrogens is 4. The van der Waals surface area contributed by atoms with Gasteiger partial charge in [-0.05, 0) is 176 Å². The molecule has 0 saturated carbocycles. The predicted octanol–water partition coefficient (Wildman–Crippen LogP) is 8.44. The van der Waals surface area contributed by atoms with Crippen LogP contribution in [0.25, 0.3) is 43.6 Å². The van der Waals surface area contributed by atoms with E-state index in [0.29, 0.717) is 47.8 Å². The van der Waals surface area contributed by atoms with E-state index in [1.54, 1.807) is 28.2 Å². The van der Waals surface area contributed by atoms with Gasteiger partial charge >= 0.3 is 24.1 Å². The molecule has 4 fully saturated rings. The first-order chi connectivity index (χ1) is 49.7. The number of likely N-dealkylation sites (N-methyl/N-ethyl adjacent to an activating group) is 8. The van der Waals surface area contributed by atoms with Crippen LogP contribution in [0.15, 0.2) is 97.6 Å². The van der Waals surface area contributed by atoms with E-state index in [2.05, 4.69) is 187 Å². The van der Waals surface area contributed by atoms with Crippen LogP contribution in [-0.2, 0) is 44.9 Å². The van der Waals surface area contributed by atoms with Gasteiger partial charge < -0.3 is 80.4 Å². The Kier molecular flexibility index (Phi) is 21.3. The monoisotopic (exact) mass is 1420 g/mol. The van der Waals surface area contributed by atoms with Gasteiger partial charge in [0.2, 0.25) is 0 Å². The second kappa shape index (κ2) is 30.4. The summed E-state index contributed by atoms with van der Waals surface area (Å²) < 4.78 is 0. The zero-order chi connectivity index (χ0) is 73.7. The molecule has 8 N–H and O–H groups in total. The van der Waals surface area contributed by atoms with Gasteiger partial charge in [0.05, 0.1) is 26.2 Å². The number of benzene rings is 4. The number of hydrogen-bond donors (Lipinski definition) is 8. The molecule has 4 aromatic heterocycles. The van der Waals surface area contributed by atoms with Gasteiger partial charge in [0, 0.05) is 195 Å². The number of H-pyrrole nitrogens is 4. The highest BCUT2D eigenvalue weighted by Gasteiger charge is 2.45. The van der Waals surface area contributed by atoms with Crippen LogP contribution in [0, 0.1) is 0 Å². The zero-order valence-corrected chi connectivity index (χ0v) is 62.3. The molecule has 104 heavy (non-hydrogen) atoms. The van der Waals surface area contributed by atoms with Crippen LogP contribution in [0.2, 0.25) is 0 Å². The first-order valence-electron chi connectivity index (χ1n) is 37.0. The molecule has 24 nitrogen and oxygen atoms in total. The zero-order valence-electron chi connectivity index (χ0n) is 62.3. The number of nitrogens with zero attached hydrogens (tertiary/aromatic N) is 8. The minimum atomic E-state index is -0.173. The van der Waals surface area contributed by atoms with Gasteiger partial charge in [0.25, 0.3) is 0 Å². The van der Waals surface area contributed by atoms with E-state index in [-0.39, 0.29) is 97.6 Å². The predicted molar refractivity (Wildman–Crippen MR) is 406 cm³/mol. The third kappa shape index (κ3) is 15.1. The fourth-order valence-electron chi connectivity index (χ4n) is 18.9. The van der Waals surface area contributed by atoms with Crippen molar-refractivity contribution in [1.82, 2.24) is 80.4 Å². The van der Waals surface area contributed by atoms with E-state index >= 15 is 0 Å². The molecule has 8 aromatic rings. The van der Waals surface area contributed by atoms with Gasteiger partial charge in [0.1, 0.15) is 23.1 Å². The lowest BCUT2D eigenvalue weighted by Gasteiger charge is -2.45. The van der Waals surface area contributed by atoms with Crippen LogP contribution in [0.1, 0.15) is 122 Å². The van der Waals surface area contributed by atoms with Crippen molar-refractivity contribution >= 4 is 90.9 Å². The Morgan fingerprint density at radius 3 is 0.740 bits per heavy atom. The van der Waals surface area contributed by atoms with E-state index in [4.69, 9.17) is 0 Å². The molecule has 552 valence electrons. The Bertz CT molecular complexity index is 4000. The number of amides is 8. The number of nitrogens with one attached hydrogen (secondary N) is 8. The topological polar surface area (TPSA) is 274 Å². The smallest absolute Gasteiger partial charge is 0.317 e. The summed E-state index contributed by atoms with van der Waals surface area (Å²) in [6.07, 6.45) is 16.5. The first-order valence-corrected chi connectivity index (χ1v) is 37.0. The Balaban J connectivity index is 0.000000123. The molecule has 4 saturated heterocycles. The van der Waals surface area contributed by atoms with Gasteiger partial charge in [-0.1, -0.05) is 48.5 Å². The fraction of sp³-hybridized carbons (Fsp3) is 0.500. The quantitative estimate of drug-likeness (QED) is 0.0572. The lowest BCUT2D eigenvalue weighted by Crippen LogP contribution is -2.56. The van der Waals surface area contributed by atoms with E-state index in [9.17, 15) is 38.4 Å². The molecule has 4 aromatic carbocycles. The third-order valence-corrected chi connectivity index (χ3v) is 23.4. The summed E-state index contributed by atoms with van der Waals surface area (Å²) in [5.74, 6) is 1.58. The van der Waals surface area contributed by atoms with E-state index in [1.165, 1.54) is 135 Å². The number of Topliss-reactive ketones (excluding diaryl/α,β-unsaturated/α-hetero) is 4. The summed E-state index contributed by atoms with van der Waals surface area (Å²) in [5, 5.41) is 17.9. The normalized spacial score (nSPS) is 25.0. The van der Waals surface area contributed by atoms with Crippen molar-refractivity contribution in [3.63, 3.8) is 0 Å². The molecule has 8 aliphatic rings. The summed E-state index contributed by atoms with van der Waals surface area (Å²) >= 11 is 0. The van der Waals surface area contributed by atoms with E-state index < -0.39 is 0 Å². The van der Waals surface area contributed by atoms with Crippen LogP contribution in [-0.4, -0.2) is 263 Å². The molecule has 8 heterocycles. The molecule has 0 spiro atoms. The van der Waals surface area contributed by atoms with Gasteiger partial charge in [-0.3, -0.25) is 19.2 Å². The average Bonchev–Trinajstić information content (AvgIpc) is 1.53. The molecule has 0 unspecified atom stereocenters. The summed E-state index contributed by atoms with van der Waals surface area (Å²) in [7, 11) is 15.2. The third-order valence-electron chi connectivity index (χ3n) is 23.4. The Hall–Kier alpha value is -9.36. The minimum Gasteiger partial charge on any atom is -0.361 e. The average molecular weight is 1420 g/mol. The standard InChI is InChI=1S/4C20H26N4O2/c4*1-12(25)10-24(3)20(26)22-14-8-16-15-5-4-6-17-19(15)13(9-21-17)7-18(16)23(2)11-14/h4*4-6,9,14,16,18,21H,7-8,10-11H2,1-3H3,(H,22,26)/t4*14-,16+,18+/m0000/s1. The number of fused-ring (bicyclic) bond motifs is 8. The number of likely N-dealkylation sites (tertiary alicyclic amines) is 4. The van der Waals surface area contributed by atoms with Crippen LogP contribution in [0.5, 0.6) is 0 Å². The minimum absolute atomic E-state index is 0.0116. The number of carbonyl (C=O) groups excluding carboxylic acids is 8. The van der Waals surface area contributed by atoms with Crippen molar-refractivity contribution in [2.45, 2.75) is 151 Å². The molecule has 0 bridgehead atoms. The van der Waals surface area contributed by atoms with Crippen LogP contribution in [0.4, 0.5) is 19.2 Å². The maximum Gasteiger partial charge on any atom is 0.317 e. The van der Waals surface area contributed by atoms with Crippen molar-refractivity contribution in [3.05, 3.63) is 142 Å². The van der Waals surface area contributed by atoms with Gasteiger partial charge in [0.15, 0.2) is 0 Å². The molecule has 4 aliphatic heterocycles. The molecular weight excluding hydrogens is 1310 g/mol. The second-order valence-corrected chi connectivity index (χ2v) is 31.4. The number of ketones is 4. The highest BCUT2D eigenvalue weighted by atomic mass is 16.2. The maximum atomic E-state index is 12.4. The number of piperidine rings is 4. The number of rotatable bonds is 12. The number of aromatic amines is 4. The lowest BCUT2D eigenvalue weighted by atomic mass is 9.74. The Labute approximate surface area is 608 Å². The van der Waals surface area contributed by atoms with Crippen molar-refractivity contribution in [1.29, 1.82) is 0 Å². The van der Waals surface area contributed by atoms with Crippen LogP contribution < -0.4 is 21.3 Å². The number of hydrogen-bond acceptors (Lipinski definition) is 12. The number of carbonyl (C=O) groups is 8. The Morgan fingerprint density at radius 1 is 0.346 bits per heavy atom. The van der Waals surface area contributed by atoms with Crippen molar-refractivity contribution in [2.75, 3.05) is 109 Å². The highest BCUT2D eigenvalue weighted by Crippen LogP contribution is 2.47. The summed E-state index contributed by atoms with van der Waals surface area (Å²) in [6.45, 7) is 9.90. The molecule has 24 heteroatoms. The van der Waals surface area contributed by atoms with Gasteiger partial charge in [-0.25, -0.2) is 19.2 Å². The van der Waals surface area contributed by atoms with Crippen molar-refractivity contribution in [3.8, 4) is 0 Å². The van der Waals surface area contributed by atoms with Crippen molar-refractivity contribution in [2.24, 2.45) is 0 Å². The summed E-state index contributed by atoms with van der Waals surface area (Å²) in [5.41, 5.74) is 15.9. The molecule has 0 radical (unpaired) electrons. The second-order valence-electron chi connectivity index (χ2n) is 31.4. The van der Waals surface area contributed by atoms with Gasteiger partial charge in [-0.15, -0.1) is 0 Å². The lowest BCUT2D eigenvalue weighted by molar-refractivity contribution is -0.118. The molecule has 12 atom stereocenters. The van der Waals surface area contributed by atoms with Gasteiger partial charge in [-0.2, -0.15) is 0 Å². The summed E-state index contributed by atoms with van der Waals surface area (Å²) in [4.78, 5) is 124. The fourth-order valence-corrected chi connectivity index (χ4v) is 18.9. The number of urea groups is 4.